The number of carbonyl (C=O) groups is 2. The largest absolute Gasteiger partial charge is 0.373 e. The van der Waals surface area contributed by atoms with Gasteiger partial charge in [-0.2, -0.15) is 0 Å². The summed E-state index contributed by atoms with van der Waals surface area (Å²) in [6.07, 6.45) is 2.20. The average molecular weight is 329 g/mol. The van der Waals surface area contributed by atoms with Gasteiger partial charge in [-0.1, -0.05) is 24.3 Å². The van der Waals surface area contributed by atoms with Crippen molar-refractivity contribution >= 4 is 17.8 Å². The van der Waals surface area contributed by atoms with Gasteiger partial charge in [0, 0.05) is 7.05 Å². The summed E-state index contributed by atoms with van der Waals surface area (Å²) in [5.41, 5.74) is 2.27. The Morgan fingerprint density at radius 2 is 2.17 bits per heavy atom. The molecule has 2 amide bonds. The third-order valence-corrected chi connectivity index (χ3v) is 3.84. The fraction of sp³-hybridized carbons (Fsp3) is 0.375. The van der Waals surface area contributed by atoms with Crippen molar-refractivity contribution in [3.8, 4) is 0 Å². The second-order valence-electron chi connectivity index (χ2n) is 5.50. The van der Waals surface area contributed by atoms with Crippen molar-refractivity contribution in [3.63, 3.8) is 0 Å². The Kier molecular flexibility index (Phi) is 4.85. The van der Waals surface area contributed by atoms with Gasteiger partial charge in [0.1, 0.15) is 12.9 Å². The lowest BCUT2D eigenvalue weighted by atomic mass is 9.96. The summed E-state index contributed by atoms with van der Waals surface area (Å²) < 4.78 is 7.09. The molecule has 0 saturated heterocycles. The lowest BCUT2D eigenvalue weighted by Crippen LogP contribution is -2.24. The van der Waals surface area contributed by atoms with Gasteiger partial charge in [-0.3, -0.25) is 14.9 Å². The molecule has 8 nitrogen and oxygen atoms in total. The quantitative estimate of drug-likeness (QED) is 0.840. The number of amides is 2. The number of nitrogens with one attached hydrogen (secondary N) is 2. The van der Waals surface area contributed by atoms with Crippen LogP contribution in [0.4, 0.5) is 5.95 Å². The predicted octanol–water partition coefficient (Wildman–Crippen LogP) is 0.667. The molecule has 24 heavy (non-hydrogen) atoms. The Morgan fingerprint density at radius 3 is 3.00 bits per heavy atom. The van der Waals surface area contributed by atoms with Gasteiger partial charge < -0.3 is 10.1 Å². The summed E-state index contributed by atoms with van der Waals surface area (Å²) in [6.45, 7) is 0.659. The lowest BCUT2D eigenvalue weighted by Gasteiger charge is -2.25. The summed E-state index contributed by atoms with van der Waals surface area (Å²) in [6, 6.07) is 7.98. The number of ether oxygens (including phenoxy) is 1. The van der Waals surface area contributed by atoms with E-state index < -0.39 is 0 Å². The molecule has 8 heteroatoms. The van der Waals surface area contributed by atoms with Gasteiger partial charge >= 0.3 is 0 Å². The maximum atomic E-state index is 12.2. The van der Waals surface area contributed by atoms with E-state index in [1.807, 2.05) is 18.2 Å². The summed E-state index contributed by atoms with van der Waals surface area (Å²) >= 11 is 0. The first-order valence-electron chi connectivity index (χ1n) is 7.75. The van der Waals surface area contributed by atoms with Crippen LogP contribution in [0.5, 0.6) is 0 Å². The number of carbonyl (C=O) groups excluding carboxylic acids is 2. The van der Waals surface area contributed by atoms with Crippen molar-refractivity contribution in [3.05, 3.63) is 41.7 Å². The Bertz CT molecular complexity index is 743. The Morgan fingerprint density at radius 1 is 1.33 bits per heavy atom. The molecule has 1 aromatic heterocycles. The van der Waals surface area contributed by atoms with E-state index in [0.29, 0.717) is 6.61 Å². The van der Waals surface area contributed by atoms with E-state index in [2.05, 4.69) is 26.8 Å². The van der Waals surface area contributed by atoms with Crippen molar-refractivity contribution in [2.24, 2.45) is 0 Å². The monoisotopic (exact) mass is 329 g/mol. The molecule has 0 saturated carbocycles. The molecule has 2 heterocycles. The van der Waals surface area contributed by atoms with Crippen LogP contribution in [-0.2, 0) is 27.3 Å². The molecule has 126 valence electrons. The third kappa shape index (κ3) is 3.77. The third-order valence-electron chi connectivity index (χ3n) is 3.84. The molecular weight excluding hydrogens is 310 g/mol. The topological polar surface area (TPSA) is 98.1 Å². The van der Waals surface area contributed by atoms with Crippen LogP contribution in [0.2, 0.25) is 0 Å². The zero-order chi connectivity index (χ0) is 16.9. The van der Waals surface area contributed by atoms with Crippen LogP contribution in [0.1, 0.15) is 23.7 Å². The summed E-state index contributed by atoms with van der Waals surface area (Å²) in [5.74, 6) is -0.243. The Hall–Kier alpha value is -2.74. The molecule has 0 spiro atoms. The van der Waals surface area contributed by atoms with Crippen molar-refractivity contribution < 1.29 is 14.3 Å². The SMILES string of the molecule is CNC(=O)Cn1cnc(NC(=O)C[C@H]2OCCc3ccccc32)n1. The van der Waals surface area contributed by atoms with E-state index in [1.54, 1.807) is 7.05 Å². The van der Waals surface area contributed by atoms with Crippen molar-refractivity contribution in [1.82, 2.24) is 20.1 Å². The standard InChI is InChI=1S/C16H19N5O3/c1-17-15(23)9-21-10-18-16(20-21)19-14(22)8-13-12-5-3-2-4-11(12)6-7-24-13/h2-5,10,13H,6-9H2,1H3,(H,17,23)(H,19,20,22)/t13-/m1/s1. The van der Waals surface area contributed by atoms with Gasteiger partial charge in [0.2, 0.25) is 17.8 Å². The average Bonchev–Trinajstić information content (AvgIpc) is 3.01. The van der Waals surface area contributed by atoms with E-state index in [1.165, 1.54) is 16.6 Å². The van der Waals surface area contributed by atoms with E-state index in [9.17, 15) is 9.59 Å². The minimum atomic E-state index is -0.261. The molecular formula is C16H19N5O3. The van der Waals surface area contributed by atoms with Crippen LogP contribution >= 0.6 is 0 Å². The number of likely N-dealkylation sites (N-methyl/N-ethyl adjacent to an activating group) is 1. The summed E-state index contributed by atoms with van der Waals surface area (Å²) in [4.78, 5) is 27.5. The molecule has 0 radical (unpaired) electrons. The number of rotatable bonds is 5. The number of benzene rings is 1. The number of hydrogen-bond acceptors (Lipinski definition) is 5. The smallest absolute Gasteiger partial charge is 0.248 e. The van der Waals surface area contributed by atoms with Gasteiger partial charge in [0.15, 0.2) is 0 Å². The van der Waals surface area contributed by atoms with E-state index in [0.717, 1.165) is 12.0 Å². The molecule has 1 aliphatic heterocycles. The Labute approximate surface area is 139 Å². The number of hydrogen-bond donors (Lipinski definition) is 2. The molecule has 2 aromatic rings. The van der Waals surface area contributed by atoms with Crippen LogP contribution in [-0.4, -0.2) is 40.2 Å². The first-order chi connectivity index (χ1) is 11.7. The molecule has 0 bridgehead atoms. The highest BCUT2D eigenvalue weighted by Crippen LogP contribution is 2.29. The second kappa shape index (κ2) is 7.22. The summed E-state index contributed by atoms with van der Waals surface area (Å²) in [7, 11) is 1.55. The molecule has 2 N–H and O–H groups in total. The summed E-state index contributed by atoms with van der Waals surface area (Å²) in [5, 5.41) is 9.18. The normalized spacial score (nSPS) is 16.3. The zero-order valence-corrected chi connectivity index (χ0v) is 13.4. The highest BCUT2D eigenvalue weighted by Gasteiger charge is 2.23. The molecule has 1 atom stereocenters. The molecule has 1 aromatic carbocycles. The van der Waals surface area contributed by atoms with E-state index >= 15 is 0 Å². The highest BCUT2D eigenvalue weighted by atomic mass is 16.5. The number of fused-ring (bicyclic) bond motifs is 1. The van der Waals surface area contributed by atoms with Crippen LogP contribution in [0.25, 0.3) is 0 Å². The van der Waals surface area contributed by atoms with Crippen molar-refractivity contribution in [2.75, 3.05) is 19.0 Å². The maximum absolute atomic E-state index is 12.2. The van der Waals surface area contributed by atoms with Gasteiger partial charge in [0.25, 0.3) is 0 Å². The highest BCUT2D eigenvalue weighted by molar-refractivity contribution is 5.89. The molecule has 3 rings (SSSR count). The number of aromatic nitrogens is 3. The lowest BCUT2D eigenvalue weighted by molar-refractivity contribution is -0.121. The van der Waals surface area contributed by atoms with Gasteiger partial charge in [-0.25, -0.2) is 9.67 Å². The molecule has 0 unspecified atom stereocenters. The molecule has 0 aliphatic carbocycles. The minimum Gasteiger partial charge on any atom is -0.373 e. The fourth-order valence-electron chi connectivity index (χ4n) is 2.64. The number of anilines is 1. The van der Waals surface area contributed by atoms with Crippen LogP contribution in [0.3, 0.4) is 0 Å². The van der Waals surface area contributed by atoms with E-state index in [-0.39, 0.29) is 36.8 Å². The Balaban J connectivity index is 1.60. The molecule has 1 aliphatic rings. The van der Waals surface area contributed by atoms with Gasteiger partial charge in [-0.15, -0.1) is 5.10 Å². The van der Waals surface area contributed by atoms with Gasteiger partial charge in [-0.05, 0) is 17.5 Å². The van der Waals surface area contributed by atoms with Crippen LogP contribution in [0, 0.1) is 0 Å². The van der Waals surface area contributed by atoms with Crippen LogP contribution in [0.15, 0.2) is 30.6 Å². The fourth-order valence-corrected chi connectivity index (χ4v) is 2.64. The van der Waals surface area contributed by atoms with Crippen molar-refractivity contribution in [2.45, 2.75) is 25.5 Å². The minimum absolute atomic E-state index is 0.0540. The zero-order valence-electron chi connectivity index (χ0n) is 13.4. The second-order valence-corrected chi connectivity index (χ2v) is 5.50. The first-order valence-corrected chi connectivity index (χ1v) is 7.75. The first kappa shape index (κ1) is 16.1. The predicted molar refractivity (Wildman–Crippen MR) is 86.2 cm³/mol. The van der Waals surface area contributed by atoms with Gasteiger partial charge in [0.05, 0.1) is 19.1 Å². The number of nitrogens with zero attached hydrogens (tertiary/aromatic N) is 3. The van der Waals surface area contributed by atoms with E-state index in [4.69, 9.17) is 4.74 Å². The maximum Gasteiger partial charge on any atom is 0.248 e. The van der Waals surface area contributed by atoms with Crippen molar-refractivity contribution in [1.29, 1.82) is 0 Å². The van der Waals surface area contributed by atoms with Crippen LogP contribution < -0.4 is 10.6 Å². The molecule has 0 fully saturated rings.